The lowest BCUT2D eigenvalue weighted by atomic mass is 10.1. The van der Waals surface area contributed by atoms with E-state index in [-0.39, 0.29) is 0 Å². The summed E-state index contributed by atoms with van der Waals surface area (Å²) in [7, 11) is 0. The van der Waals surface area contributed by atoms with Gasteiger partial charge in [0.15, 0.2) is 0 Å². The average molecular weight is 272 g/mol. The Labute approximate surface area is 118 Å². The highest BCUT2D eigenvalue weighted by molar-refractivity contribution is 7.80. The van der Waals surface area contributed by atoms with Gasteiger partial charge in [-0.3, -0.25) is 0 Å². The second-order valence-electron chi connectivity index (χ2n) is 4.80. The third-order valence-corrected chi connectivity index (χ3v) is 3.73. The largest absolute Gasteiger partial charge is 0.361 e. The summed E-state index contributed by atoms with van der Waals surface area (Å²) in [5.74, 6) is 1.02. The van der Waals surface area contributed by atoms with E-state index in [0.29, 0.717) is 0 Å². The maximum absolute atomic E-state index is 5.40. The molecule has 98 valence electrons. The molecule has 1 heterocycles. The van der Waals surface area contributed by atoms with Crippen LogP contribution >= 0.6 is 12.2 Å². The van der Waals surface area contributed by atoms with E-state index in [0.717, 1.165) is 47.8 Å². The van der Waals surface area contributed by atoms with Crippen molar-refractivity contribution in [3.05, 3.63) is 47.3 Å². The smallest absolute Gasteiger partial charge is 0.140 e. The minimum absolute atomic E-state index is 0.797. The Kier molecular flexibility index (Phi) is 3.60. The number of benzene rings is 1. The molecule has 0 aliphatic heterocycles. The van der Waals surface area contributed by atoms with Gasteiger partial charge in [-0.25, -0.2) is 0 Å². The SMILES string of the molecule is S=C(CCc1onc2c1CCC2)Nc1ccccc1. The van der Waals surface area contributed by atoms with Crippen LogP contribution < -0.4 is 5.32 Å². The van der Waals surface area contributed by atoms with Gasteiger partial charge >= 0.3 is 0 Å². The highest BCUT2D eigenvalue weighted by atomic mass is 32.1. The van der Waals surface area contributed by atoms with Crippen LogP contribution in [0.15, 0.2) is 34.9 Å². The van der Waals surface area contributed by atoms with E-state index in [1.165, 1.54) is 12.0 Å². The number of fused-ring (bicyclic) bond motifs is 1. The number of nitrogens with zero attached hydrogens (tertiary/aromatic N) is 1. The van der Waals surface area contributed by atoms with Crippen LogP contribution in [0.4, 0.5) is 5.69 Å². The Hall–Kier alpha value is -1.68. The van der Waals surface area contributed by atoms with Crippen molar-refractivity contribution in [3.63, 3.8) is 0 Å². The summed E-state index contributed by atoms with van der Waals surface area (Å²) in [5, 5.41) is 7.36. The van der Waals surface area contributed by atoms with Crippen LogP contribution in [0.1, 0.15) is 29.9 Å². The first-order valence-electron chi connectivity index (χ1n) is 6.64. The third kappa shape index (κ3) is 2.84. The van der Waals surface area contributed by atoms with Gasteiger partial charge in [-0.2, -0.15) is 0 Å². The molecule has 0 unspecified atom stereocenters. The Balaban J connectivity index is 1.56. The molecule has 2 aromatic rings. The van der Waals surface area contributed by atoms with Gasteiger partial charge in [0.05, 0.1) is 10.7 Å². The maximum Gasteiger partial charge on any atom is 0.140 e. The van der Waals surface area contributed by atoms with Crippen molar-refractivity contribution in [3.8, 4) is 0 Å². The fraction of sp³-hybridized carbons (Fsp3) is 0.333. The van der Waals surface area contributed by atoms with Gasteiger partial charge in [0.2, 0.25) is 0 Å². The molecule has 0 bridgehead atoms. The molecule has 1 N–H and O–H groups in total. The first kappa shape index (κ1) is 12.4. The zero-order chi connectivity index (χ0) is 13.1. The van der Waals surface area contributed by atoms with Gasteiger partial charge in [0.25, 0.3) is 0 Å². The predicted molar refractivity (Wildman–Crippen MR) is 79.5 cm³/mol. The molecule has 1 aromatic carbocycles. The molecule has 0 saturated carbocycles. The lowest BCUT2D eigenvalue weighted by molar-refractivity contribution is 0.374. The van der Waals surface area contributed by atoms with E-state index in [9.17, 15) is 0 Å². The summed E-state index contributed by atoms with van der Waals surface area (Å²) < 4.78 is 5.40. The van der Waals surface area contributed by atoms with Crippen LogP contribution in [0.2, 0.25) is 0 Å². The normalized spacial score (nSPS) is 13.3. The van der Waals surface area contributed by atoms with E-state index < -0.39 is 0 Å². The van der Waals surface area contributed by atoms with E-state index >= 15 is 0 Å². The first-order valence-corrected chi connectivity index (χ1v) is 7.05. The summed E-state index contributed by atoms with van der Waals surface area (Å²) in [6.07, 6.45) is 5.00. The standard InChI is InChI=1S/C15H16N2OS/c19-15(16-11-5-2-1-3-6-11)10-9-14-12-7-4-8-13(12)17-18-14/h1-3,5-6H,4,7-10H2,(H,16,19). The lowest BCUT2D eigenvalue weighted by Gasteiger charge is -2.06. The van der Waals surface area contributed by atoms with Gasteiger partial charge < -0.3 is 9.84 Å². The van der Waals surface area contributed by atoms with Crippen LogP contribution in [0.25, 0.3) is 0 Å². The van der Waals surface area contributed by atoms with Gasteiger partial charge in [0, 0.05) is 24.1 Å². The zero-order valence-electron chi connectivity index (χ0n) is 10.7. The summed E-state index contributed by atoms with van der Waals surface area (Å²) in [5.41, 5.74) is 3.51. The quantitative estimate of drug-likeness (QED) is 0.864. The molecular formula is C15H16N2OS. The van der Waals surface area contributed by atoms with Crippen molar-refractivity contribution in [2.45, 2.75) is 32.1 Å². The molecule has 0 atom stereocenters. The molecule has 0 spiro atoms. The maximum atomic E-state index is 5.40. The number of rotatable bonds is 4. The molecule has 1 aliphatic carbocycles. The lowest BCUT2D eigenvalue weighted by Crippen LogP contribution is -2.10. The average Bonchev–Trinajstić information content (AvgIpc) is 3.01. The Morgan fingerprint density at radius 3 is 2.95 bits per heavy atom. The number of thiocarbonyl (C=S) groups is 1. The van der Waals surface area contributed by atoms with Gasteiger partial charge in [-0.1, -0.05) is 35.6 Å². The van der Waals surface area contributed by atoms with Gasteiger partial charge in [-0.15, -0.1) is 0 Å². The van der Waals surface area contributed by atoms with Crippen molar-refractivity contribution in [2.75, 3.05) is 5.32 Å². The number of anilines is 1. The fourth-order valence-electron chi connectivity index (χ4n) is 2.46. The van der Waals surface area contributed by atoms with Gasteiger partial charge in [-0.05, 0) is 31.4 Å². The van der Waals surface area contributed by atoms with Crippen molar-refractivity contribution in [1.29, 1.82) is 0 Å². The minimum Gasteiger partial charge on any atom is -0.361 e. The number of hydrogen-bond donors (Lipinski definition) is 1. The topological polar surface area (TPSA) is 38.1 Å². The Morgan fingerprint density at radius 2 is 2.11 bits per heavy atom. The number of hydrogen-bond acceptors (Lipinski definition) is 3. The first-order chi connectivity index (χ1) is 9.33. The van der Waals surface area contributed by atoms with Crippen LogP contribution in [-0.2, 0) is 19.3 Å². The molecule has 19 heavy (non-hydrogen) atoms. The predicted octanol–water partition coefficient (Wildman–Crippen LogP) is 3.54. The molecule has 0 fully saturated rings. The number of aromatic nitrogens is 1. The highest BCUT2D eigenvalue weighted by Gasteiger charge is 2.20. The second kappa shape index (κ2) is 5.53. The monoisotopic (exact) mass is 272 g/mol. The van der Waals surface area contributed by atoms with E-state index in [1.54, 1.807) is 0 Å². The molecule has 3 nitrogen and oxygen atoms in total. The Morgan fingerprint density at radius 1 is 1.26 bits per heavy atom. The van der Waals surface area contributed by atoms with E-state index in [2.05, 4.69) is 10.5 Å². The molecule has 1 aromatic heterocycles. The molecule has 0 amide bonds. The fourth-order valence-corrected chi connectivity index (χ4v) is 2.68. The van der Waals surface area contributed by atoms with Crippen LogP contribution in [0, 0.1) is 0 Å². The van der Waals surface area contributed by atoms with Crippen molar-refractivity contribution < 1.29 is 4.52 Å². The summed E-state index contributed by atoms with van der Waals surface area (Å²) >= 11 is 5.36. The second-order valence-corrected chi connectivity index (χ2v) is 5.29. The van der Waals surface area contributed by atoms with Crippen molar-refractivity contribution >= 4 is 22.9 Å². The molecule has 0 radical (unpaired) electrons. The number of para-hydroxylation sites is 1. The molecule has 1 aliphatic rings. The summed E-state index contributed by atoms with van der Waals surface area (Å²) in [4.78, 5) is 0.842. The Bertz CT molecular complexity index is 577. The highest BCUT2D eigenvalue weighted by Crippen LogP contribution is 2.25. The summed E-state index contributed by atoms with van der Waals surface area (Å²) in [6.45, 7) is 0. The van der Waals surface area contributed by atoms with Crippen molar-refractivity contribution in [1.82, 2.24) is 5.16 Å². The molecule has 0 saturated heterocycles. The van der Waals surface area contributed by atoms with Gasteiger partial charge in [0.1, 0.15) is 5.76 Å². The molecule has 4 heteroatoms. The van der Waals surface area contributed by atoms with Crippen LogP contribution in [0.3, 0.4) is 0 Å². The number of aryl methyl sites for hydroxylation is 2. The molecular weight excluding hydrogens is 256 g/mol. The zero-order valence-corrected chi connectivity index (χ0v) is 11.5. The van der Waals surface area contributed by atoms with Crippen LogP contribution in [-0.4, -0.2) is 10.1 Å². The minimum atomic E-state index is 0.797. The summed E-state index contributed by atoms with van der Waals surface area (Å²) in [6, 6.07) is 10.0. The third-order valence-electron chi connectivity index (χ3n) is 3.43. The van der Waals surface area contributed by atoms with Crippen molar-refractivity contribution in [2.24, 2.45) is 0 Å². The van der Waals surface area contributed by atoms with E-state index in [1.807, 2.05) is 30.3 Å². The number of nitrogens with one attached hydrogen (secondary N) is 1. The van der Waals surface area contributed by atoms with E-state index in [4.69, 9.17) is 16.7 Å². The molecule has 3 rings (SSSR count). The van der Waals surface area contributed by atoms with Crippen LogP contribution in [0.5, 0.6) is 0 Å².